The number of phenols is 1. The van der Waals surface area contributed by atoms with Crippen LogP contribution in [0.15, 0.2) is 24.8 Å². The highest BCUT2D eigenvalue weighted by Crippen LogP contribution is 2.27. The Morgan fingerprint density at radius 2 is 2.08 bits per heavy atom. The van der Waals surface area contributed by atoms with E-state index in [-0.39, 0.29) is 5.75 Å². The van der Waals surface area contributed by atoms with Gasteiger partial charge in [-0.1, -0.05) is 18.7 Å². The molecule has 0 saturated heterocycles. The topological polar surface area (TPSA) is 23.5 Å². The normalized spacial score (nSPS) is 9.50. The maximum Gasteiger partial charge on any atom is 0.124 e. The smallest absolute Gasteiger partial charge is 0.124 e. The molecule has 1 aromatic rings. The van der Waals surface area contributed by atoms with Crippen LogP contribution in [0.2, 0.25) is 0 Å². The zero-order valence-electron chi connectivity index (χ0n) is 7.41. The lowest BCUT2D eigenvalue weighted by molar-refractivity contribution is 0.474. The number of nitrogens with zero attached hydrogens (tertiary/aromatic N) is 1. The van der Waals surface area contributed by atoms with E-state index in [0.29, 0.717) is 0 Å². The standard InChI is InChI=1S/C10H13NO/c1-4-8-9(11(2)3)6-5-7-10(8)12/h4-7,12H,1H2,2-3H3. The van der Waals surface area contributed by atoms with E-state index >= 15 is 0 Å². The number of benzene rings is 1. The first kappa shape index (κ1) is 8.65. The minimum atomic E-state index is 0.274. The molecular formula is C10H13NO. The summed E-state index contributed by atoms with van der Waals surface area (Å²) in [7, 11) is 3.86. The number of aromatic hydroxyl groups is 1. The highest BCUT2D eigenvalue weighted by atomic mass is 16.3. The van der Waals surface area contributed by atoms with Crippen LogP contribution < -0.4 is 4.90 Å². The Hall–Kier alpha value is -1.44. The zero-order chi connectivity index (χ0) is 9.14. The molecule has 64 valence electrons. The van der Waals surface area contributed by atoms with Crippen molar-refractivity contribution < 1.29 is 5.11 Å². The lowest BCUT2D eigenvalue weighted by atomic mass is 10.1. The third kappa shape index (κ3) is 1.42. The predicted molar refractivity (Wildman–Crippen MR) is 52.5 cm³/mol. The van der Waals surface area contributed by atoms with Crippen molar-refractivity contribution in [3.8, 4) is 5.75 Å². The lowest BCUT2D eigenvalue weighted by Crippen LogP contribution is -2.09. The molecule has 0 aliphatic rings. The van der Waals surface area contributed by atoms with E-state index in [1.165, 1.54) is 0 Å². The fraction of sp³-hybridized carbons (Fsp3) is 0.200. The van der Waals surface area contributed by atoms with Crippen LogP contribution >= 0.6 is 0 Å². The zero-order valence-corrected chi connectivity index (χ0v) is 7.41. The molecule has 0 fully saturated rings. The number of rotatable bonds is 2. The van der Waals surface area contributed by atoms with Crippen LogP contribution in [0, 0.1) is 0 Å². The minimum absolute atomic E-state index is 0.274. The first-order chi connectivity index (χ1) is 5.66. The minimum Gasteiger partial charge on any atom is -0.507 e. The van der Waals surface area contributed by atoms with E-state index in [1.54, 1.807) is 12.1 Å². The fourth-order valence-corrected chi connectivity index (χ4v) is 1.14. The van der Waals surface area contributed by atoms with Crippen LogP contribution in [0.25, 0.3) is 6.08 Å². The van der Waals surface area contributed by atoms with Gasteiger partial charge in [0, 0.05) is 25.3 Å². The van der Waals surface area contributed by atoms with Gasteiger partial charge in [0.2, 0.25) is 0 Å². The van der Waals surface area contributed by atoms with Gasteiger partial charge in [-0.3, -0.25) is 0 Å². The molecule has 0 heterocycles. The third-order valence-corrected chi connectivity index (χ3v) is 1.75. The maximum absolute atomic E-state index is 9.44. The van der Waals surface area contributed by atoms with Crippen molar-refractivity contribution in [1.29, 1.82) is 0 Å². The van der Waals surface area contributed by atoms with Crippen molar-refractivity contribution in [2.24, 2.45) is 0 Å². The Morgan fingerprint density at radius 3 is 2.50 bits per heavy atom. The first-order valence-electron chi connectivity index (χ1n) is 3.78. The van der Waals surface area contributed by atoms with Crippen LogP contribution in [0.3, 0.4) is 0 Å². The molecule has 0 radical (unpaired) electrons. The fourth-order valence-electron chi connectivity index (χ4n) is 1.14. The van der Waals surface area contributed by atoms with Crippen LogP contribution in [-0.4, -0.2) is 19.2 Å². The molecule has 0 aliphatic carbocycles. The van der Waals surface area contributed by atoms with Gasteiger partial charge < -0.3 is 10.0 Å². The molecule has 2 heteroatoms. The largest absolute Gasteiger partial charge is 0.507 e. The van der Waals surface area contributed by atoms with Gasteiger partial charge in [0.25, 0.3) is 0 Å². The predicted octanol–water partition coefficient (Wildman–Crippen LogP) is 2.10. The second kappa shape index (κ2) is 3.30. The summed E-state index contributed by atoms with van der Waals surface area (Å²) in [4.78, 5) is 1.94. The summed E-state index contributed by atoms with van der Waals surface area (Å²) in [5, 5.41) is 9.44. The second-order valence-corrected chi connectivity index (χ2v) is 2.81. The molecule has 0 saturated carbocycles. The Labute approximate surface area is 72.8 Å². The summed E-state index contributed by atoms with van der Waals surface area (Å²) in [6.45, 7) is 3.65. The SMILES string of the molecule is C=Cc1c(O)cccc1N(C)C. The summed E-state index contributed by atoms with van der Waals surface area (Å²) in [6.07, 6.45) is 1.66. The molecular weight excluding hydrogens is 150 g/mol. The summed E-state index contributed by atoms with van der Waals surface area (Å²) in [5.74, 6) is 0.274. The van der Waals surface area contributed by atoms with Crippen LogP contribution in [-0.2, 0) is 0 Å². The number of phenolic OH excluding ortho intramolecular Hbond substituents is 1. The Balaban J connectivity index is 3.27. The van der Waals surface area contributed by atoms with Crippen LogP contribution in [0.4, 0.5) is 5.69 Å². The van der Waals surface area contributed by atoms with Gasteiger partial charge >= 0.3 is 0 Å². The van der Waals surface area contributed by atoms with Crippen LogP contribution in [0.1, 0.15) is 5.56 Å². The van der Waals surface area contributed by atoms with Crippen molar-refractivity contribution in [3.05, 3.63) is 30.3 Å². The summed E-state index contributed by atoms with van der Waals surface area (Å²) in [6, 6.07) is 5.42. The summed E-state index contributed by atoms with van der Waals surface area (Å²) >= 11 is 0. The molecule has 0 atom stereocenters. The van der Waals surface area contributed by atoms with Gasteiger partial charge in [0.15, 0.2) is 0 Å². The Kier molecular flexibility index (Phi) is 2.38. The molecule has 0 aliphatic heterocycles. The molecule has 0 aromatic heterocycles. The number of hydrogen-bond donors (Lipinski definition) is 1. The average Bonchev–Trinajstić information content (AvgIpc) is 2.03. The van der Waals surface area contributed by atoms with Crippen molar-refractivity contribution in [1.82, 2.24) is 0 Å². The monoisotopic (exact) mass is 163 g/mol. The van der Waals surface area contributed by atoms with Crippen molar-refractivity contribution in [2.45, 2.75) is 0 Å². The molecule has 1 aromatic carbocycles. The summed E-state index contributed by atoms with van der Waals surface area (Å²) < 4.78 is 0. The van der Waals surface area contributed by atoms with Gasteiger partial charge in [-0.05, 0) is 12.1 Å². The van der Waals surface area contributed by atoms with Gasteiger partial charge in [0.05, 0.1) is 0 Å². The molecule has 2 nitrogen and oxygen atoms in total. The van der Waals surface area contributed by atoms with E-state index in [4.69, 9.17) is 0 Å². The van der Waals surface area contributed by atoms with Crippen molar-refractivity contribution in [2.75, 3.05) is 19.0 Å². The quantitative estimate of drug-likeness (QED) is 0.721. The van der Waals surface area contributed by atoms with Crippen LogP contribution in [0.5, 0.6) is 5.75 Å². The molecule has 0 amide bonds. The molecule has 0 unspecified atom stereocenters. The highest BCUT2D eigenvalue weighted by molar-refractivity contribution is 5.71. The highest BCUT2D eigenvalue weighted by Gasteiger charge is 2.04. The van der Waals surface area contributed by atoms with Gasteiger partial charge in [-0.25, -0.2) is 0 Å². The second-order valence-electron chi connectivity index (χ2n) is 2.81. The molecule has 0 spiro atoms. The van der Waals surface area contributed by atoms with Crippen molar-refractivity contribution in [3.63, 3.8) is 0 Å². The Morgan fingerprint density at radius 1 is 1.42 bits per heavy atom. The van der Waals surface area contributed by atoms with E-state index in [1.807, 2.05) is 31.1 Å². The number of hydrogen-bond acceptors (Lipinski definition) is 2. The third-order valence-electron chi connectivity index (χ3n) is 1.75. The van der Waals surface area contributed by atoms with E-state index in [9.17, 15) is 5.11 Å². The average molecular weight is 163 g/mol. The van der Waals surface area contributed by atoms with Gasteiger partial charge in [-0.15, -0.1) is 0 Å². The molecule has 0 bridgehead atoms. The molecule has 1 N–H and O–H groups in total. The molecule has 12 heavy (non-hydrogen) atoms. The summed E-state index contributed by atoms with van der Waals surface area (Å²) in [5.41, 5.74) is 1.76. The number of anilines is 1. The van der Waals surface area contributed by atoms with E-state index in [2.05, 4.69) is 6.58 Å². The van der Waals surface area contributed by atoms with E-state index in [0.717, 1.165) is 11.3 Å². The van der Waals surface area contributed by atoms with E-state index < -0.39 is 0 Å². The Bertz CT molecular complexity index is 292. The van der Waals surface area contributed by atoms with Crippen molar-refractivity contribution >= 4 is 11.8 Å². The first-order valence-corrected chi connectivity index (χ1v) is 3.78. The van der Waals surface area contributed by atoms with Gasteiger partial charge in [0.1, 0.15) is 5.75 Å². The maximum atomic E-state index is 9.44. The van der Waals surface area contributed by atoms with Gasteiger partial charge in [-0.2, -0.15) is 0 Å². The molecule has 1 rings (SSSR count). The lowest BCUT2D eigenvalue weighted by Gasteiger charge is -2.15.